The van der Waals surface area contributed by atoms with Crippen molar-refractivity contribution < 1.29 is 18.0 Å². The number of anilines is 1. The van der Waals surface area contributed by atoms with Crippen LogP contribution in [0.3, 0.4) is 0 Å². The summed E-state index contributed by atoms with van der Waals surface area (Å²) < 4.78 is 42.0. The molecule has 29 heavy (non-hydrogen) atoms. The van der Waals surface area contributed by atoms with Gasteiger partial charge in [-0.25, -0.2) is 13.2 Å². The lowest BCUT2D eigenvalue weighted by Gasteiger charge is -2.43. The van der Waals surface area contributed by atoms with Gasteiger partial charge in [0.2, 0.25) is 11.0 Å². The van der Waals surface area contributed by atoms with E-state index >= 15 is 0 Å². The number of carbonyl (C=O) groups is 1. The van der Waals surface area contributed by atoms with Crippen LogP contribution in [0.2, 0.25) is 0 Å². The molecule has 1 aliphatic carbocycles. The molecular weight excluding hydrogens is 403 g/mol. The Kier molecular flexibility index (Phi) is 4.95. The van der Waals surface area contributed by atoms with Crippen LogP contribution in [0.4, 0.5) is 18.3 Å². The number of nitrogens with one attached hydrogen (secondary N) is 1. The lowest BCUT2D eigenvalue weighted by Crippen LogP contribution is -2.48. The molecule has 0 bridgehead atoms. The first kappa shape index (κ1) is 19.3. The third kappa shape index (κ3) is 3.67. The summed E-state index contributed by atoms with van der Waals surface area (Å²) in [4.78, 5) is 15.4. The number of hydrogen-bond acceptors (Lipinski definition) is 6. The molecule has 4 rings (SSSR count). The predicted octanol–water partition coefficient (Wildman–Crippen LogP) is 3.46. The maximum atomic E-state index is 14.2. The van der Waals surface area contributed by atoms with Crippen molar-refractivity contribution in [1.82, 2.24) is 15.2 Å². The van der Waals surface area contributed by atoms with Gasteiger partial charge in [0.1, 0.15) is 17.8 Å². The molecule has 6 nitrogen and oxygen atoms in total. The van der Waals surface area contributed by atoms with Crippen molar-refractivity contribution in [2.45, 2.75) is 24.4 Å². The summed E-state index contributed by atoms with van der Waals surface area (Å²) in [5, 5.41) is 11.6. The number of nitrogens with zero attached hydrogens (tertiary/aromatic N) is 3. The van der Waals surface area contributed by atoms with Crippen molar-refractivity contribution in [3.63, 3.8) is 0 Å². The van der Waals surface area contributed by atoms with Crippen molar-refractivity contribution in [2.75, 3.05) is 11.9 Å². The first-order valence-corrected chi connectivity index (χ1v) is 9.62. The molecule has 0 radical (unpaired) electrons. The Morgan fingerprint density at radius 3 is 2.72 bits per heavy atom. The summed E-state index contributed by atoms with van der Waals surface area (Å²) in [6.45, 7) is 0.208. The van der Waals surface area contributed by atoms with Crippen molar-refractivity contribution in [3.05, 3.63) is 59.4 Å². The van der Waals surface area contributed by atoms with E-state index in [0.29, 0.717) is 5.13 Å². The Balaban J connectivity index is 1.55. The van der Waals surface area contributed by atoms with Gasteiger partial charge < -0.3 is 11.1 Å². The Morgan fingerprint density at radius 2 is 2.03 bits per heavy atom. The van der Waals surface area contributed by atoms with E-state index in [9.17, 15) is 18.0 Å². The van der Waals surface area contributed by atoms with Crippen molar-refractivity contribution in [2.24, 2.45) is 5.73 Å². The lowest BCUT2D eigenvalue weighted by molar-refractivity contribution is 0.0964. The van der Waals surface area contributed by atoms with Gasteiger partial charge >= 0.3 is 0 Å². The third-order valence-corrected chi connectivity index (χ3v) is 5.88. The van der Waals surface area contributed by atoms with Crippen LogP contribution in [-0.4, -0.2) is 33.8 Å². The monoisotopic (exact) mass is 419 g/mol. The molecule has 3 N–H and O–H groups in total. The fourth-order valence-corrected chi connectivity index (χ4v) is 4.23. The first-order valence-electron chi connectivity index (χ1n) is 8.80. The third-order valence-electron chi connectivity index (χ3n) is 4.97. The number of carbonyl (C=O) groups excluding carboxylic acids is 1. The van der Waals surface area contributed by atoms with Crippen molar-refractivity contribution >= 4 is 22.4 Å². The molecule has 1 aliphatic rings. The number of amides is 1. The number of primary amides is 1. The Bertz CT molecular complexity index is 1070. The molecule has 10 heteroatoms. The minimum absolute atomic E-state index is 0.102. The van der Waals surface area contributed by atoms with Crippen LogP contribution < -0.4 is 11.1 Å². The second-order valence-electron chi connectivity index (χ2n) is 6.94. The zero-order valence-corrected chi connectivity index (χ0v) is 15.8. The summed E-state index contributed by atoms with van der Waals surface area (Å²) in [5.74, 6) is -1.73. The predicted molar refractivity (Wildman–Crippen MR) is 102 cm³/mol. The number of nitrogens with two attached hydrogens (primary N) is 1. The Hall–Kier alpha value is -3.01. The molecule has 0 atom stereocenters. The van der Waals surface area contributed by atoms with Gasteiger partial charge in [-0.15, -0.1) is 10.2 Å². The number of pyridine rings is 1. The van der Waals surface area contributed by atoms with Gasteiger partial charge in [0.25, 0.3) is 0 Å². The second-order valence-corrected chi connectivity index (χ2v) is 7.92. The van der Waals surface area contributed by atoms with Crippen LogP contribution in [0.1, 0.15) is 28.9 Å². The van der Waals surface area contributed by atoms with E-state index in [1.165, 1.54) is 30.5 Å². The maximum absolute atomic E-state index is 14.2. The average Bonchev–Trinajstić information content (AvgIpc) is 3.14. The van der Waals surface area contributed by atoms with Crippen LogP contribution in [-0.2, 0) is 5.41 Å². The van der Waals surface area contributed by atoms with Gasteiger partial charge in [-0.05, 0) is 43.2 Å². The highest BCUT2D eigenvalue weighted by atomic mass is 32.1. The van der Waals surface area contributed by atoms with Gasteiger partial charge in [-0.3, -0.25) is 9.78 Å². The zero-order valence-electron chi connectivity index (χ0n) is 15.0. The number of alkyl halides is 1. The van der Waals surface area contributed by atoms with E-state index in [1.54, 1.807) is 0 Å². The van der Waals surface area contributed by atoms with Crippen LogP contribution in [0.25, 0.3) is 10.6 Å². The number of aromatic nitrogens is 3. The van der Waals surface area contributed by atoms with E-state index < -0.39 is 29.1 Å². The lowest BCUT2D eigenvalue weighted by atomic mass is 9.65. The number of rotatable bonds is 6. The molecule has 3 aromatic rings. The van der Waals surface area contributed by atoms with E-state index in [2.05, 4.69) is 20.5 Å². The molecule has 2 aromatic heterocycles. The molecule has 150 valence electrons. The summed E-state index contributed by atoms with van der Waals surface area (Å²) >= 11 is 1.06. The van der Waals surface area contributed by atoms with Crippen LogP contribution in [0.15, 0.2) is 36.5 Å². The van der Waals surface area contributed by atoms with Crippen LogP contribution in [0, 0.1) is 11.6 Å². The van der Waals surface area contributed by atoms with Crippen molar-refractivity contribution in [3.8, 4) is 10.6 Å². The maximum Gasteiger partial charge on any atom is 0.248 e. The number of halogens is 3. The van der Waals surface area contributed by atoms with Gasteiger partial charge in [0, 0.05) is 29.3 Å². The largest absolute Gasteiger partial charge is 0.366 e. The summed E-state index contributed by atoms with van der Waals surface area (Å²) in [6.07, 6.45) is 0.751. The molecule has 0 aliphatic heterocycles. The number of hydrogen-bond donors (Lipinski definition) is 2. The Morgan fingerprint density at radius 1 is 1.24 bits per heavy atom. The molecule has 2 heterocycles. The molecule has 1 aromatic carbocycles. The topological polar surface area (TPSA) is 93.8 Å². The molecular formula is C19H16F3N5OS. The fourth-order valence-electron chi connectivity index (χ4n) is 3.48. The molecule has 0 spiro atoms. The molecule has 1 amide bonds. The quantitative estimate of drug-likeness (QED) is 0.638. The molecule has 1 saturated carbocycles. The van der Waals surface area contributed by atoms with Crippen LogP contribution >= 0.6 is 11.3 Å². The van der Waals surface area contributed by atoms with Crippen LogP contribution in [0.5, 0.6) is 0 Å². The standard InChI is InChI=1S/C19H16F3N5OS/c20-11-7-19(8-11,15-14(22)2-1-5-24-15)9-25-18-27-26-17(29-18)12-6-10(16(23)28)3-4-13(12)21/h1-6,11H,7-9H2,(H2,23,28)(H,25,27). The highest BCUT2D eigenvalue weighted by Gasteiger charge is 2.48. The highest BCUT2D eigenvalue weighted by Crippen LogP contribution is 2.45. The second kappa shape index (κ2) is 7.43. The van der Waals surface area contributed by atoms with E-state index in [0.717, 1.165) is 17.4 Å². The zero-order chi connectivity index (χ0) is 20.6. The van der Waals surface area contributed by atoms with Gasteiger partial charge in [-0.1, -0.05) is 11.3 Å². The first-order chi connectivity index (χ1) is 13.9. The van der Waals surface area contributed by atoms with E-state index in [-0.39, 0.29) is 41.2 Å². The average molecular weight is 419 g/mol. The molecule has 1 fully saturated rings. The number of benzene rings is 1. The molecule has 0 unspecified atom stereocenters. The van der Waals surface area contributed by atoms with Gasteiger partial charge in [0.05, 0.1) is 5.69 Å². The SMILES string of the molecule is NC(=O)c1ccc(F)c(-c2nnc(NCC3(c4ncccc4F)CC(F)C3)s2)c1. The minimum Gasteiger partial charge on any atom is -0.366 e. The minimum atomic E-state index is -1.02. The summed E-state index contributed by atoms with van der Waals surface area (Å²) in [6, 6.07) is 6.52. The Labute approximate surface area is 168 Å². The summed E-state index contributed by atoms with van der Waals surface area (Å²) in [7, 11) is 0. The van der Waals surface area contributed by atoms with E-state index in [1.807, 2.05) is 0 Å². The highest BCUT2D eigenvalue weighted by molar-refractivity contribution is 7.18. The fraction of sp³-hybridized carbons (Fsp3) is 0.263. The van der Waals surface area contributed by atoms with Gasteiger partial charge in [-0.2, -0.15) is 0 Å². The van der Waals surface area contributed by atoms with Crippen molar-refractivity contribution in [1.29, 1.82) is 0 Å². The smallest absolute Gasteiger partial charge is 0.248 e. The van der Waals surface area contributed by atoms with E-state index in [4.69, 9.17) is 5.73 Å². The summed E-state index contributed by atoms with van der Waals surface area (Å²) in [5.41, 5.74) is 4.92. The molecule has 0 saturated heterocycles. The normalized spacial score (nSPS) is 20.9. The van der Waals surface area contributed by atoms with Gasteiger partial charge in [0.15, 0.2) is 5.01 Å².